The van der Waals surface area contributed by atoms with Crippen LogP contribution in [0.4, 0.5) is 4.79 Å². The van der Waals surface area contributed by atoms with Gasteiger partial charge in [-0.25, -0.2) is 4.79 Å². The van der Waals surface area contributed by atoms with Gasteiger partial charge in [0, 0.05) is 25.0 Å². The van der Waals surface area contributed by atoms with Crippen molar-refractivity contribution in [3.05, 3.63) is 70.7 Å². The molecule has 41 heavy (non-hydrogen) atoms. The lowest BCUT2D eigenvalue weighted by Gasteiger charge is -2.28. The number of likely N-dealkylation sites (N-methyl/N-ethyl adjacent to an activating group) is 1. The van der Waals surface area contributed by atoms with Gasteiger partial charge in [-0.15, -0.1) is 0 Å². The molecule has 1 saturated carbocycles. The second-order valence-corrected chi connectivity index (χ2v) is 11.5. The quantitative estimate of drug-likeness (QED) is 0.274. The number of amides is 3. The van der Waals surface area contributed by atoms with Crippen LogP contribution < -0.4 is 10.6 Å². The summed E-state index contributed by atoms with van der Waals surface area (Å²) >= 11 is 6.07. The summed E-state index contributed by atoms with van der Waals surface area (Å²) in [5.41, 5.74) is 1.91. The third-order valence-electron chi connectivity index (χ3n) is 7.78. The summed E-state index contributed by atoms with van der Waals surface area (Å²) in [5.74, 6) is -0.117. The number of nitrogens with zero attached hydrogens (tertiary/aromatic N) is 1. The molecule has 0 saturated heterocycles. The number of carbonyl (C=O) groups excluding carboxylic acids is 3. The van der Waals surface area contributed by atoms with Crippen LogP contribution in [0.5, 0.6) is 0 Å². The van der Waals surface area contributed by atoms with Gasteiger partial charge < -0.3 is 25.4 Å². The molecule has 1 fully saturated rings. The van der Waals surface area contributed by atoms with Crippen molar-refractivity contribution >= 4 is 29.5 Å². The average molecular weight is 586 g/mol. The molecule has 0 aromatic heterocycles. The van der Waals surface area contributed by atoms with E-state index >= 15 is 0 Å². The van der Waals surface area contributed by atoms with Crippen LogP contribution in [0.25, 0.3) is 0 Å². The molecule has 0 spiro atoms. The van der Waals surface area contributed by atoms with Gasteiger partial charge in [0.1, 0.15) is 12.1 Å². The molecule has 9 heteroatoms. The Morgan fingerprint density at radius 3 is 2.46 bits per heavy atom. The van der Waals surface area contributed by atoms with Crippen molar-refractivity contribution in [1.29, 1.82) is 0 Å². The molecule has 3 N–H and O–H groups in total. The van der Waals surface area contributed by atoms with Gasteiger partial charge in [-0.2, -0.15) is 0 Å². The number of hydrogen-bond acceptors (Lipinski definition) is 5. The molecule has 0 heterocycles. The maximum Gasteiger partial charge on any atom is 0.408 e. The minimum Gasteiger partial charge on any atom is -0.442 e. The molecule has 0 radical (unpaired) electrons. The van der Waals surface area contributed by atoms with Crippen LogP contribution in [0, 0.1) is 5.92 Å². The van der Waals surface area contributed by atoms with E-state index in [2.05, 4.69) is 10.6 Å². The molecule has 2 aromatic carbocycles. The first-order chi connectivity index (χ1) is 19.7. The zero-order valence-corrected chi connectivity index (χ0v) is 24.9. The van der Waals surface area contributed by atoms with E-state index in [0.29, 0.717) is 30.3 Å². The van der Waals surface area contributed by atoms with E-state index in [9.17, 15) is 19.5 Å². The number of aliphatic hydroxyl groups is 1. The Bertz CT molecular complexity index is 1110. The Hall–Kier alpha value is -3.10. The van der Waals surface area contributed by atoms with Crippen molar-refractivity contribution in [3.63, 3.8) is 0 Å². The zero-order valence-electron chi connectivity index (χ0n) is 24.2. The van der Waals surface area contributed by atoms with Gasteiger partial charge in [0.25, 0.3) is 0 Å². The first-order valence-corrected chi connectivity index (χ1v) is 15.0. The van der Waals surface area contributed by atoms with Crippen LogP contribution in [0.15, 0.2) is 54.6 Å². The summed E-state index contributed by atoms with van der Waals surface area (Å²) in [6.07, 6.45) is 5.89. The number of hydrogen-bond donors (Lipinski definition) is 3. The number of halogens is 1. The van der Waals surface area contributed by atoms with Crippen LogP contribution in [-0.2, 0) is 20.7 Å². The molecule has 224 valence electrons. The summed E-state index contributed by atoms with van der Waals surface area (Å²) in [4.78, 5) is 40.6. The number of aliphatic hydroxyl groups excluding tert-OH is 1. The van der Waals surface area contributed by atoms with E-state index in [4.69, 9.17) is 16.3 Å². The monoisotopic (exact) mass is 585 g/mol. The van der Waals surface area contributed by atoms with E-state index in [-0.39, 0.29) is 24.8 Å². The normalized spacial score (nSPS) is 15.8. The minimum absolute atomic E-state index is 0.0518. The highest BCUT2D eigenvalue weighted by Crippen LogP contribution is 2.28. The highest BCUT2D eigenvalue weighted by atomic mass is 35.5. The van der Waals surface area contributed by atoms with Crippen LogP contribution >= 0.6 is 11.6 Å². The number of alkyl carbamates (subject to hydrolysis) is 1. The van der Waals surface area contributed by atoms with Crippen molar-refractivity contribution in [3.8, 4) is 0 Å². The third kappa shape index (κ3) is 11.4. The molecule has 1 aliphatic carbocycles. The number of carbonyl (C=O) groups is 3. The summed E-state index contributed by atoms with van der Waals surface area (Å²) in [5, 5.41) is 16.1. The highest BCUT2D eigenvalue weighted by Gasteiger charge is 2.29. The predicted molar refractivity (Wildman–Crippen MR) is 160 cm³/mol. The molecule has 0 aliphatic heterocycles. The molecule has 8 nitrogen and oxygen atoms in total. The Morgan fingerprint density at radius 1 is 1.05 bits per heavy atom. The van der Waals surface area contributed by atoms with E-state index in [1.165, 1.54) is 6.42 Å². The lowest BCUT2D eigenvalue weighted by molar-refractivity contribution is -0.130. The number of benzene rings is 2. The van der Waals surface area contributed by atoms with Gasteiger partial charge in [0.15, 0.2) is 0 Å². The fraction of sp³-hybridized carbons (Fsp3) is 0.531. The Kier molecular flexibility index (Phi) is 13.4. The van der Waals surface area contributed by atoms with Crippen molar-refractivity contribution in [1.82, 2.24) is 15.5 Å². The van der Waals surface area contributed by atoms with Crippen LogP contribution in [0.1, 0.15) is 75.5 Å². The summed E-state index contributed by atoms with van der Waals surface area (Å²) < 4.78 is 5.56. The van der Waals surface area contributed by atoms with E-state index < -0.39 is 24.3 Å². The fourth-order valence-electron chi connectivity index (χ4n) is 5.22. The van der Waals surface area contributed by atoms with Crippen molar-refractivity contribution in [2.45, 2.75) is 82.9 Å². The zero-order chi connectivity index (χ0) is 29.6. The van der Waals surface area contributed by atoms with Gasteiger partial charge >= 0.3 is 6.09 Å². The average Bonchev–Trinajstić information content (AvgIpc) is 2.98. The van der Waals surface area contributed by atoms with E-state index in [0.717, 1.165) is 43.2 Å². The van der Waals surface area contributed by atoms with Gasteiger partial charge in [-0.3, -0.25) is 9.59 Å². The van der Waals surface area contributed by atoms with E-state index in [1.54, 1.807) is 37.1 Å². The maximum atomic E-state index is 13.4. The van der Waals surface area contributed by atoms with Crippen LogP contribution in [0.3, 0.4) is 0 Å². The molecule has 3 amide bonds. The molecule has 1 aliphatic rings. The highest BCUT2D eigenvalue weighted by molar-refractivity contribution is 6.30. The van der Waals surface area contributed by atoms with Crippen LogP contribution in [-0.4, -0.2) is 60.2 Å². The fourth-order valence-corrected chi connectivity index (χ4v) is 5.42. The molecule has 3 rings (SSSR count). The SMILES string of the molecule is CC(OC(=O)N[C@@H](CC1CCCCC1)C(=O)N[C@H](CO)CCC(=O)N(C)CCc1ccccc1)c1cccc(Cl)c1. The first-order valence-electron chi connectivity index (χ1n) is 14.7. The first kappa shape index (κ1) is 32.4. The van der Waals surface area contributed by atoms with Crippen LogP contribution in [0.2, 0.25) is 5.02 Å². The molecule has 0 bridgehead atoms. The molecular formula is C32H44ClN3O5. The summed E-state index contributed by atoms with van der Waals surface area (Å²) in [7, 11) is 1.76. The lowest BCUT2D eigenvalue weighted by Crippen LogP contribution is -2.51. The number of rotatable bonds is 14. The second-order valence-electron chi connectivity index (χ2n) is 11.0. The molecule has 3 atom stereocenters. The van der Waals surface area contributed by atoms with E-state index in [1.807, 2.05) is 36.4 Å². The molecule has 2 aromatic rings. The third-order valence-corrected chi connectivity index (χ3v) is 8.02. The number of nitrogens with one attached hydrogen (secondary N) is 2. The summed E-state index contributed by atoms with van der Waals surface area (Å²) in [6, 6.07) is 15.6. The van der Waals surface area contributed by atoms with Gasteiger partial charge in [0.05, 0.1) is 12.6 Å². The smallest absolute Gasteiger partial charge is 0.408 e. The van der Waals surface area contributed by atoms with Crippen molar-refractivity contribution in [2.24, 2.45) is 5.92 Å². The second kappa shape index (κ2) is 17.0. The Morgan fingerprint density at radius 2 is 1.78 bits per heavy atom. The minimum atomic E-state index is -0.810. The predicted octanol–water partition coefficient (Wildman–Crippen LogP) is 5.42. The van der Waals surface area contributed by atoms with Gasteiger partial charge in [-0.05, 0) is 55.4 Å². The molecule has 1 unspecified atom stereocenters. The van der Waals surface area contributed by atoms with Crippen molar-refractivity contribution in [2.75, 3.05) is 20.2 Å². The molecular weight excluding hydrogens is 542 g/mol. The maximum absolute atomic E-state index is 13.4. The Labute approximate surface area is 248 Å². The largest absolute Gasteiger partial charge is 0.442 e. The van der Waals surface area contributed by atoms with Gasteiger partial charge in [0.2, 0.25) is 11.8 Å². The lowest BCUT2D eigenvalue weighted by atomic mass is 9.84. The van der Waals surface area contributed by atoms with Crippen molar-refractivity contribution < 1.29 is 24.2 Å². The standard InChI is InChI=1S/C32H44ClN3O5/c1-23(26-14-9-15-27(33)21-26)41-32(40)35-29(20-25-12-7-4-8-13-25)31(39)34-28(22-37)16-17-30(38)36(2)19-18-24-10-5-3-6-11-24/h3,5-6,9-11,14-15,21,23,25,28-29,37H,4,7-8,12-13,16-20,22H2,1-2H3,(H,34,39)(H,35,40)/t23?,28-,29-/m0/s1. The summed E-state index contributed by atoms with van der Waals surface area (Å²) in [6.45, 7) is 2.03. The Balaban J connectivity index is 1.54. The topological polar surface area (TPSA) is 108 Å². The van der Waals surface area contributed by atoms with Gasteiger partial charge in [-0.1, -0.05) is 86.2 Å². The number of ether oxygens (including phenoxy) is 1.